The number of hydrogen-bond donors (Lipinski definition) is 1. The third-order valence-corrected chi connectivity index (χ3v) is 4.59. The molecule has 1 fully saturated rings. The summed E-state index contributed by atoms with van der Waals surface area (Å²) < 4.78 is 0. The van der Waals surface area contributed by atoms with Gasteiger partial charge in [0.1, 0.15) is 11.0 Å². The Morgan fingerprint density at radius 1 is 1.45 bits per heavy atom. The Hall–Kier alpha value is -2.28. The van der Waals surface area contributed by atoms with Gasteiger partial charge in [-0.1, -0.05) is 0 Å². The minimum Gasteiger partial charge on any atom is -0.480 e. The SMILES string of the molecule is O=C(O)[C@H]1CCCN1C(=O)Cc1csc(-c2cccnc2)n1. The quantitative estimate of drug-likeness (QED) is 0.930. The fourth-order valence-corrected chi connectivity index (χ4v) is 3.40. The minimum atomic E-state index is -0.930. The normalized spacial score (nSPS) is 17.6. The zero-order valence-corrected chi connectivity index (χ0v) is 12.6. The molecule has 3 heterocycles. The monoisotopic (exact) mass is 317 g/mol. The predicted molar refractivity (Wildman–Crippen MR) is 81.4 cm³/mol. The molecule has 1 N–H and O–H groups in total. The fourth-order valence-electron chi connectivity index (χ4n) is 2.59. The van der Waals surface area contributed by atoms with Gasteiger partial charge in [0.2, 0.25) is 5.91 Å². The van der Waals surface area contributed by atoms with Gasteiger partial charge in [0.15, 0.2) is 0 Å². The highest BCUT2D eigenvalue weighted by Gasteiger charge is 2.33. The van der Waals surface area contributed by atoms with Crippen LogP contribution in [0.3, 0.4) is 0 Å². The van der Waals surface area contributed by atoms with E-state index in [9.17, 15) is 9.59 Å². The summed E-state index contributed by atoms with van der Waals surface area (Å²) in [6.07, 6.45) is 4.83. The molecule has 0 aliphatic carbocycles. The Balaban J connectivity index is 1.70. The Labute approximate surface area is 131 Å². The van der Waals surface area contributed by atoms with Crippen molar-refractivity contribution in [2.24, 2.45) is 0 Å². The molecule has 2 aromatic heterocycles. The number of carboxylic acids is 1. The molecule has 0 unspecified atom stereocenters. The number of pyridine rings is 1. The zero-order chi connectivity index (χ0) is 15.5. The second kappa shape index (κ2) is 6.23. The van der Waals surface area contributed by atoms with Crippen molar-refractivity contribution in [3.63, 3.8) is 0 Å². The molecule has 22 heavy (non-hydrogen) atoms. The molecule has 1 aliphatic heterocycles. The molecule has 1 atom stereocenters. The van der Waals surface area contributed by atoms with E-state index in [2.05, 4.69) is 9.97 Å². The average Bonchev–Trinajstić information content (AvgIpc) is 3.17. The number of carboxylic acid groups (broad SMARTS) is 1. The van der Waals surface area contributed by atoms with Crippen LogP contribution < -0.4 is 0 Å². The first kappa shape index (κ1) is 14.6. The van der Waals surface area contributed by atoms with Gasteiger partial charge in [-0.3, -0.25) is 9.78 Å². The summed E-state index contributed by atoms with van der Waals surface area (Å²) in [4.78, 5) is 33.4. The maximum absolute atomic E-state index is 12.3. The molecule has 0 spiro atoms. The van der Waals surface area contributed by atoms with E-state index >= 15 is 0 Å². The molecule has 1 aliphatic rings. The summed E-state index contributed by atoms with van der Waals surface area (Å²) >= 11 is 1.46. The fraction of sp³-hybridized carbons (Fsp3) is 0.333. The van der Waals surface area contributed by atoms with Crippen LogP contribution in [0.25, 0.3) is 10.6 Å². The molecule has 114 valence electrons. The van der Waals surface area contributed by atoms with Gasteiger partial charge in [0.05, 0.1) is 12.1 Å². The number of nitrogens with zero attached hydrogens (tertiary/aromatic N) is 3. The summed E-state index contributed by atoms with van der Waals surface area (Å²) in [7, 11) is 0. The topological polar surface area (TPSA) is 83.4 Å². The van der Waals surface area contributed by atoms with E-state index in [0.29, 0.717) is 18.7 Å². The third-order valence-electron chi connectivity index (χ3n) is 3.65. The van der Waals surface area contributed by atoms with E-state index in [-0.39, 0.29) is 12.3 Å². The number of rotatable bonds is 4. The van der Waals surface area contributed by atoms with Crippen molar-refractivity contribution in [1.29, 1.82) is 0 Å². The van der Waals surface area contributed by atoms with E-state index in [1.54, 1.807) is 12.4 Å². The molecular formula is C15H15N3O3S. The van der Waals surface area contributed by atoms with Gasteiger partial charge in [-0.2, -0.15) is 0 Å². The first-order valence-corrected chi connectivity index (χ1v) is 7.90. The van der Waals surface area contributed by atoms with Gasteiger partial charge in [0, 0.05) is 29.9 Å². The third kappa shape index (κ3) is 2.99. The lowest BCUT2D eigenvalue weighted by atomic mass is 10.2. The highest BCUT2D eigenvalue weighted by Crippen LogP contribution is 2.24. The molecular weight excluding hydrogens is 302 g/mol. The van der Waals surface area contributed by atoms with Gasteiger partial charge >= 0.3 is 5.97 Å². The van der Waals surface area contributed by atoms with Gasteiger partial charge in [-0.15, -0.1) is 11.3 Å². The average molecular weight is 317 g/mol. The standard InChI is InChI=1S/C15H15N3O3S/c19-13(18-6-2-4-12(18)15(20)21)7-11-9-22-14(17-11)10-3-1-5-16-8-10/h1,3,5,8-9,12H,2,4,6-7H2,(H,20,21)/t12-/m1/s1. The summed E-state index contributed by atoms with van der Waals surface area (Å²) in [6.45, 7) is 0.509. The van der Waals surface area contributed by atoms with Crippen molar-refractivity contribution in [1.82, 2.24) is 14.9 Å². The second-order valence-corrected chi connectivity index (χ2v) is 6.00. The molecule has 7 heteroatoms. The van der Waals surface area contributed by atoms with Crippen molar-refractivity contribution >= 4 is 23.2 Å². The van der Waals surface area contributed by atoms with E-state index in [1.807, 2.05) is 17.5 Å². The van der Waals surface area contributed by atoms with E-state index in [4.69, 9.17) is 5.11 Å². The lowest BCUT2D eigenvalue weighted by molar-refractivity contribution is -0.148. The maximum Gasteiger partial charge on any atom is 0.326 e. The largest absolute Gasteiger partial charge is 0.480 e. The molecule has 0 radical (unpaired) electrons. The van der Waals surface area contributed by atoms with Crippen LogP contribution in [-0.4, -0.2) is 44.4 Å². The molecule has 6 nitrogen and oxygen atoms in total. The highest BCUT2D eigenvalue weighted by atomic mass is 32.1. The smallest absolute Gasteiger partial charge is 0.326 e. The first-order chi connectivity index (χ1) is 10.6. The number of amides is 1. The van der Waals surface area contributed by atoms with Gasteiger partial charge in [0.25, 0.3) is 0 Å². The van der Waals surface area contributed by atoms with Crippen molar-refractivity contribution < 1.29 is 14.7 Å². The molecule has 1 saturated heterocycles. The Morgan fingerprint density at radius 2 is 2.32 bits per heavy atom. The number of thiazole rings is 1. The predicted octanol–water partition coefficient (Wildman–Crippen LogP) is 1.82. The number of carbonyl (C=O) groups is 2. The van der Waals surface area contributed by atoms with Crippen LogP contribution in [0, 0.1) is 0 Å². The second-order valence-electron chi connectivity index (χ2n) is 5.15. The summed E-state index contributed by atoms with van der Waals surface area (Å²) in [5, 5.41) is 11.8. The molecule has 0 aromatic carbocycles. The Kier molecular flexibility index (Phi) is 4.15. The number of aliphatic carboxylic acids is 1. The Morgan fingerprint density at radius 3 is 3.05 bits per heavy atom. The molecule has 0 bridgehead atoms. The van der Waals surface area contributed by atoms with Crippen LogP contribution in [0.15, 0.2) is 29.9 Å². The van der Waals surface area contributed by atoms with E-state index in [0.717, 1.165) is 17.0 Å². The van der Waals surface area contributed by atoms with Gasteiger partial charge in [-0.25, -0.2) is 9.78 Å². The molecule has 3 rings (SSSR count). The summed E-state index contributed by atoms with van der Waals surface area (Å²) in [5.74, 6) is -1.10. The van der Waals surface area contributed by atoms with Crippen molar-refractivity contribution in [2.45, 2.75) is 25.3 Å². The number of likely N-dealkylation sites (tertiary alicyclic amines) is 1. The molecule has 2 aromatic rings. The lowest BCUT2D eigenvalue weighted by Gasteiger charge is -2.20. The van der Waals surface area contributed by atoms with Crippen LogP contribution in [0.2, 0.25) is 0 Å². The van der Waals surface area contributed by atoms with Crippen LogP contribution in [0.5, 0.6) is 0 Å². The lowest BCUT2D eigenvalue weighted by Crippen LogP contribution is -2.41. The van der Waals surface area contributed by atoms with Crippen LogP contribution >= 0.6 is 11.3 Å². The number of carbonyl (C=O) groups excluding carboxylic acids is 1. The summed E-state index contributed by atoms with van der Waals surface area (Å²) in [6, 6.07) is 3.06. The molecule has 0 saturated carbocycles. The Bertz CT molecular complexity index is 686. The van der Waals surface area contributed by atoms with E-state index in [1.165, 1.54) is 16.2 Å². The first-order valence-electron chi connectivity index (χ1n) is 7.02. The minimum absolute atomic E-state index is 0.139. The van der Waals surface area contributed by atoms with Crippen LogP contribution in [0.1, 0.15) is 18.5 Å². The van der Waals surface area contributed by atoms with Gasteiger partial charge in [-0.05, 0) is 25.0 Å². The maximum atomic E-state index is 12.3. The van der Waals surface area contributed by atoms with Gasteiger partial charge < -0.3 is 10.0 Å². The summed E-state index contributed by atoms with van der Waals surface area (Å²) in [5.41, 5.74) is 1.58. The number of aromatic nitrogens is 2. The zero-order valence-electron chi connectivity index (χ0n) is 11.8. The van der Waals surface area contributed by atoms with Crippen molar-refractivity contribution in [3.8, 4) is 10.6 Å². The van der Waals surface area contributed by atoms with Crippen molar-refractivity contribution in [2.75, 3.05) is 6.54 Å². The van der Waals surface area contributed by atoms with Crippen molar-refractivity contribution in [3.05, 3.63) is 35.6 Å². The van der Waals surface area contributed by atoms with Crippen LogP contribution in [0.4, 0.5) is 0 Å². The van der Waals surface area contributed by atoms with E-state index < -0.39 is 12.0 Å². The van der Waals surface area contributed by atoms with Crippen LogP contribution in [-0.2, 0) is 16.0 Å². The molecule has 1 amide bonds. The number of hydrogen-bond acceptors (Lipinski definition) is 5. The highest BCUT2D eigenvalue weighted by molar-refractivity contribution is 7.13.